The Morgan fingerprint density at radius 1 is 0.596 bits per heavy atom. The van der Waals surface area contributed by atoms with Gasteiger partial charge in [0.25, 0.3) is 5.91 Å². The van der Waals surface area contributed by atoms with E-state index in [1.165, 1.54) is 0 Å². The van der Waals surface area contributed by atoms with Crippen LogP contribution in [-0.4, -0.2) is 18.1 Å². The van der Waals surface area contributed by atoms with Gasteiger partial charge in [0.05, 0.1) is 47.4 Å². The van der Waals surface area contributed by atoms with Crippen molar-refractivity contribution in [2.45, 2.75) is 31.0 Å². The number of benzene rings is 5. The highest BCUT2D eigenvalue weighted by atomic mass is 79.9. The van der Waals surface area contributed by atoms with E-state index in [9.17, 15) is 31.1 Å². The second kappa shape index (κ2) is 15.3. The normalized spacial score (nSPS) is 12.6. The molecule has 1 amide bonds. The predicted octanol–water partition coefficient (Wildman–Crippen LogP) is 5.94. The number of amides is 1. The molecule has 0 aliphatic rings. The molecule has 0 aromatic heterocycles. The molecule has 1 N–H and O–H groups in total. The van der Waals surface area contributed by atoms with E-state index >= 15 is 0 Å². The molecule has 0 aliphatic carbocycles. The zero-order valence-electron chi connectivity index (χ0n) is 25.0. The van der Waals surface area contributed by atoms with Gasteiger partial charge in [-0.1, -0.05) is 97.1 Å². The van der Waals surface area contributed by atoms with E-state index < -0.39 is 48.3 Å². The van der Waals surface area contributed by atoms with Gasteiger partial charge in [-0.05, 0) is 60.0 Å². The first-order valence-electron chi connectivity index (χ1n) is 14.6. The summed E-state index contributed by atoms with van der Waals surface area (Å²) in [6.45, 7) is 0. The Morgan fingerprint density at radius 2 is 1.00 bits per heavy atom. The predicted molar refractivity (Wildman–Crippen MR) is 172 cm³/mol. The van der Waals surface area contributed by atoms with E-state index in [2.05, 4.69) is 5.32 Å². The topological polar surface area (TPSA) is 29.1 Å². The van der Waals surface area contributed by atoms with Crippen LogP contribution >= 0.6 is 7.26 Å². The van der Waals surface area contributed by atoms with Crippen LogP contribution in [0.3, 0.4) is 0 Å². The third-order valence-corrected chi connectivity index (χ3v) is 12.4. The molecule has 10 heteroatoms. The Hall–Kier alpha value is -3.94. The van der Waals surface area contributed by atoms with Gasteiger partial charge in [-0.15, -0.1) is 0 Å². The van der Waals surface area contributed by atoms with Crippen LogP contribution in [0, 0.1) is 0 Å². The highest BCUT2D eigenvalue weighted by Crippen LogP contribution is 2.59. The average Bonchev–Trinajstić information content (AvgIpc) is 3.05. The van der Waals surface area contributed by atoms with Crippen LogP contribution in [0.5, 0.6) is 0 Å². The lowest BCUT2D eigenvalue weighted by molar-refractivity contribution is -0.143. The summed E-state index contributed by atoms with van der Waals surface area (Å²) in [5, 5.41) is 5.00. The van der Waals surface area contributed by atoms with E-state index in [0.717, 1.165) is 21.7 Å². The second-order valence-corrected chi connectivity index (χ2v) is 14.8. The van der Waals surface area contributed by atoms with E-state index in [0.29, 0.717) is 30.9 Å². The van der Waals surface area contributed by atoms with Crippen LogP contribution in [0.1, 0.15) is 32.6 Å². The Morgan fingerprint density at radius 3 is 1.43 bits per heavy atom. The van der Waals surface area contributed by atoms with E-state index in [1.807, 2.05) is 121 Å². The van der Waals surface area contributed by atoms with Crippen molar-refractivity contribution in [1.29, 1.82) is 0 Å². The van der Waals surface area contributed by atoms with Crippen molar-refractivity contribution in [3.8, 4) is 0 Å². The lowest BCUT2D eigenvalue weighted by atomic mass is 10.0. The molecule has 0 saturated heterocycles. The first-order chi connectivity index (χ1) is 21.9. The van der Waals surface area contributed by atoms with Crippen LogP contribution in [0.15, 0.2) is 140 Å². The maximum Gasteiger partial charge on any atom is 0.416 e. The molecule has 47 heavy (non-hydrogen) atoms. The standard InChI is InChI=1S/C37H30F6NOP.BrH/c38-36(39,40)30-22-29(23-31(24-30)37(41,42)43)35(45)44-32(21-27-13-5-1-6-14-27)26-46(33-17-9-3-10-18-33,34-19-11-4-12-20-34)25-28-15-7-2-8-16-28;/h1-20,22-24,32H,21,25-26H2;1H/t32-;/m0./s1. The molecule has 5 aromatic carbocycles. The average molecular weight is 731 g/mol. The van der Waals surface area contributed by atoms with Crippen LogP contribution < -0.4 is 32.9 Å². The number of hydrogen-bond acceptors (Lipinski definition) is 1. The van der Waals surface area contributed by atoms with Gasteiger partial charge in [-0.2, -0.15) is 26.3 Å². The summed E-state index contributed by atoms with van der Waals surface area (Å²) >= 11 is 0. The van der Waals surface area contributed by atoms with Gasteiger partial charge in [0, 0.05) is 5.56 Å². The fourth-order valence-electron chi connectivity index (χ4n) is 5.72. The summed E-state index contributed by atoms with van der Waals surface area (Å²) in [5.41, 5.74) is -1.84. The summed E-state index contributed by atoms with van der Waals surface area (Å²) in [6, 6.07) is 39.4. The molecule has 2 nitrogen and oxygen atoms in total. The fraction of sp³-hybridized carbons (Fsp3) is 0.162. The SMILES string of the molecule is O=C(N[C@@H](Cc1ccccc1)C[P+](Cc1ccccc1)(c1ccccc1)c1ccccc1)c1cc(C(F)(F)F)cc(C(F)(F)F)c1.[Br-]. The second-order valence-electron chi connectivity index (χ2n) is 11.1. The third kappa shape index (κ3) is 9.11. The van der Waals surface area contributed by atoms with Gasteiger partial charge in [0.15, 0.2) is 0 Å². The first-order valence-corrected chi connectivity index (χ1v) is 16.8. The van der Waals surface area contributed by atoms with Crippen molar-refractivity contribution in [2.24, 2.45) is 0 Å². The van der Waals surface area contributed by atoms with Crippen molar-refractivity contribution < 1.29 is 48.1 Å². The molecule has 5 aromatic rings. The number of hydrogen-bond donors (Lipinski definition) is 1. The molecule has 5 rings (SSSR count). The van der Waals surface area contributed by atoms with Gasteiger partial charge >= 0.3 is 12.4 Å². The summed E-state index contributed by atoms with van der Waals surface area (Å²) < 4.78 is 82.0. The molecule has 0 fully saturated rings. The summed E-state index contributed by atoms with van der Waals surface area (Å²) in [6.07, 6.45) is -8.80. The smallest absolute Gasteiger partial charge is 0.416 e. The maximum absolute atomic E-state index is 13.7. The zero-order valence-corrected chi connectivity index (χ0v) is 27.5. The Bertz CT molecular complexity index is 1660. The van der Waals surface area contributed by atoms with Crippen molar-refractivity contribution in [3.63, 3.8) is 0 Å². The van der Waals surface area contributed by atoms with Gasteiger partial charge < -0.3 is 22.3 Å². The first kappa shape index (κ1) is 35.9. The van der Waals surface area contributed by atoms with Crippen molar-refractivity contribution in [1.82, 2.24) is 5.32 Å². The van der Waals surface area contributed by atoms with Gasteiger partial charge in [0.1, 0.15) is 0 Å². The van der Waals surface area contributed by atoms with Gasteiger partial charge in [-0.25, -0.2) is 0 Å². The molecular weight excluding hydrogens is 699 g/mol. The number of halogens is 7. The van der Waals surface area contributed by atoms with Crippen molar-refractivity contribution in [2.75, 3.05) is 6.16 Å². The Balaban J connectivity index is 0.00000500. The number of carbonyl (C=O) groups excluding carboxylic acids is 1. The molecule has 0 bridgehead atoms. The molecule has 1 atom stereocenters. The Kier molecular flexibility index (Phi) is 11.7. The number of alkyl halides is 6. The van der Waals surface area contributed by atoms with Crippen LogP contribution in [0.2, 0.25) is 0 Å². The third-order valence-electron chi connectivity index (χ3n) is 7.84. The Labute approximate surface area is 281 Å². The minimum absolute atomic E-state index is 0. The van der Waals surface area contributed by atoms with Gasteiger partial charge in [-0.3, -0.25) is 4.79 Å². The molecule has 0 unspecified atom stereocenters. The molecule has 0 aliphatic heterocycles. The molecule has 244 valence electrons. The highest BCUT2D eigenvalue weighted by Gasteiger charge is 2.45. The van der Waals surface area contributed by atoms with Crippen LogP contribution in [0.4, 0.5) is 26.3 Å². The highest BCUT2D eigenvalue weighted by molar-refractivity contribution is 7.88. The summed E-state index contributed by atoms with van der Waals surface area (Å²) in [4.78, 5) is 13.7. The van der Waals surface area contributed by atoms with Crippen LogP contribution in [0.25, 0.3) is 0 Å². The number of carbonyl (C=O) groups is 1. The zero-order chi connectivity index (χ0) is 32.8. The quantitative estimate of drug-likeness (QED) is 0.140. The lowest BCUT2D eigenvalue weighted by Gasteiger charge is -2.32. The molecule has 0 radical (unpaired) electrons. The molecule has 0 heterocycles. The summed E-state index contributed by atoms with van der Waals surface area (Å²) in [5.74, 6) is -1.00. The number of rotatable bonds is 10. The molecular formula is C37H31BrF6NOP. The molecule has 0 saturated carbocycles. The number of nitrogens with one attached hydrogen (secondary N) is 1. The van der Waals surface area contributed by atoms with E-state index in [1.54, 1.807) is 0 Å². The minimum Gasteiger partial charge on any atom is -1.00 e. The van der Waals surface area contributed by atoms with Gasteiger partial charge in [0.2, 0.25) is 0 Å². The minimum atomic E-state index is -5.07. The lowest BCUT2D eigenvalue weighted by Crippen LogP contribution is -3.00. The monoisotopic (exact) mass is 729 g/mol. The van der Waals surface area contributed by atoms with E-state index in [-0.39, 0.29) is 23.0 Å². The fourth-order valence-corrected chi connectivity index (χ4v) is 10.2. The van der Waals surface area contributed by atoms with Crippen molar-refractivity contribution in [3.05, 3.63) is 167 Å². The molecule has 0 spiro atoms. The largest absolute Gasteiger partial charge is 1.00 e. The summed E-state index contributed by atoms with van der Waals surface area (Å²) in [7, 11) is -2.41. The van der Waals surface area contributed by atoms with Crippen LogP contribution in [-0.2, 0) is 24.9 Å². The van der Waals surface area contributed by atoms with Crippen molar-refractivity contribution >= 4 is 23.8 Å². The van der Waals surface area contributed by atoms with E-state index in [4.69, 9.17) is 0 Å². The maximum atomic E-state index is 13.7.